The summed E-state index contributed by atoms with van der Waals surface area (Å²) in [4.78, 5) is 31.5. The summed E-state index contributed by atoms with van der Waals surface area (Å²) in [5.74, 6) is -2.31. The number of nitrogens with one attached hydrogen (secondary N) is 1. The maximum absolute atomic E-state index is 12.2. The lowest BCUT2D eigenvalue weighted by Crippen LogP contribution is -2.41. The van der Waals surface area contributed by atoms with E-state index in [0.717, 1.165) is 12.3 Å². The number of carbonyl (C=O) groups excluding carboxylic acids is 1. The summed E-state index contributed by atoms with van der Waals surface area (Å²) >= 11 is 0. The molecule has 2 heterocycles. The Labute approximate surface area is 130 Å². The van der Waals surface area contributed by atoms with Gasteiger partial charge in [-0.2, -0.15) is 8.78 Å². The number of halogens is 2. The minimum Gasteiger partial charge on any atom is -0.478 e. The lowest BCUT2D eigenvalue weighted by molar-refractivity contribution is -0.124. The van der Waals surface area contributed by atoms with E-state index in [4.69, 9.17) is 0 Å². The third-order valence-electron chi connectivity index (χ3n) is 3.70. The second-order valence-electron chi connectivity index (χ2n) is 5.47. The van der Waals surface area contributed by atoms with E-state index in [9.17, 15) is 23.5 Å². The molecular formula is C14H15F2N3O4. The van der Waals surface area contributed by atoms with Crippen molar-refractivity contribution >= 4 is 17.7 Å². The van der Waals surface area contributed by atoms with Gasteiger partial charge >= 0.3 is 12.6 Å². The summed E-state index contributed by atoms with van der Waals surface area (Å²) in [7, 11) is 0. The van der Waals surface area contributed by atoms with Gasteiger partial charge in [-0.3, -0.25) is 4.79 Å². The Bertz CT molecular complexity index is 691. The third-order valence-corrected chi connectivity index (χ3v) is 3.70. The molecule has 2 N–H and O–H groups in total. The van der Waals surface area contributed by atoms with Crippen LogP contribution in [0.2, 0.25) is 0 Å². The molecule has 23 heavy (non-hydrogen) atoms. The van der Waals surface area contributed by atoms with Crippen molar-refractivity contribution in [3.63, 3.8) is 0 Å². The Hall–Kier alpha value is -2.58. The van der Waals surface area contributed by atoms with E-state index in [2.05, 4.69) is 20.0 Å². The van der Waals surface area contributed by atoms with Crippen LogP contribution in [-0.4, -0.2) is 40.0 Å². The number of aliphatic imine (C=N–C) groups is 1. The maximum Gasteiger partial charge on any atom is 0.387 e. The number of ether oxygens (including phenoxy) is 1. The average Bonchev–Trinajstić information content (AvgIpc) is 2.75. The zero-order valence-electron chi connectivity index (χ0n) is 12.6. The van der Waals surface area contributed by atoms with Gasteiger partial charge in [-0.25, -0.2) is 14.8 Å². The number of carbonyl (C=O) groups is 2. The topological polar surface area (TPSA) is 101 Å². The number of aromatic carboxylic acids is 1. The van der Waals surface area contributed by atoms with Gasteiger partial charge in [0.25, 0.3) is 5.91 Å². The van der Waals surface area contributed by atoms with Gasteiger partial charge in [-0.1, -0.05) is 13.8 Å². The highest BCUT2D eigenvalue weighted by Crippen LogP contribution is 2.28. The summed E-state index contributed by atoms with van der Waals surface area (Å²) in [6.45, 7) is 2.13. The van der Waals surface area contributed by atoms with Gasteiger partial charge in [-0.05, 0) is 18.9 Å². The minimum absolute atomic E-state index is 0.00723. The molecule has 1 aromatic heterocycles. The molecule has 1 aliphatic rings. The van der Waals surface area contributed by atoms with Gasteiger partial charge in [0.05, 0.1) is 11.8 Å². The first kappa shape index (κ1) is 16.8. The van der Waals surface area contributed by atoms with Crippen LogP contribution in [0.15, 0.2) is 17.3 Å². The standard InChI is InChI=1S/C14H15F2N3O4/c1-6(2)14(3)12(22)18-10(19-14)9-8(11(20)21)4-7(5-17-9)23-13(15)16/h4-6,13H,1-3H3,(H,20,21)(H,18,19,22). The fourth-order valence-electron chi connectivity index (χ4n) is 2.01. The molecule has 1 atom stereocenters. The molecule has 0 spiro atoms. The molecule has 9 heteroatoms. The van der Waals surface area contributed by atoms with E-state index in [1.165, 1.54) is 0 Å². The Morgan fingerprint density at radius 2 is 2.09 bits per heavy atom. The second kappa shape index (κ2) is 5.90. The Kier molecular flexibility index (Phi) is 4.31. The van der Waals surface area contributed by atoms with Crippen molar-refractivity contribution in [2.45, 2.75) is 32.9 Å². The zero-order chi connectivity index (χ0) is 17.4. The van der Waals surface area contributed by atoms with E-state index in [1.807, 2.05) is 0 Å². The molecular weight excluding hydrogens is 312 g/mol. The Morgan fingerprint density at radius 3 is 2.57 bits per heavy atom. The lowest BCUT2D eigenvalue weighted by atomic mass is 9.89. The van der Waals surface area contributed by atoms with Crippen molar-refractivity contribution < 1.29 is 28.2 Å². The summed E-state index contributed by atoms with van der Waals surface area (Å²) in [6.07, 6.45) is 0.952. The Morgan fingerprint density at radius 1 is 1.43 bits per heavy atom. The van der Waals surface area contributed by atoms with E-state index >= 15 is 0 Å². The van der Waals surface area contributed by atoms with E-state index in [1.54, 1.807) is 20.8 Å². The smallest absolute Gasteiger partial charge is 0.387 e. The van der Waals surface area contributed by atoms with Gasteiger partial charge in [0.2, 0.25) is 0 Å². The summed E-state index contributed by atoms with van der Waals surface area (Å²) in [5.41, 5.74) is -1.56. The van der Waals surface area contributed by atoms with Crippen molar-refractivity contribution in [3.8, 4) is 5.75 Å². The van der Waals surface area contributed by atoms with Crippen molar-refractivity contribution in [2.24, 2.45) is 10.9 Å². The molecule has 0 fully saturated rings. The van der Waals surface area contributed by atoms with Crippen LogP contribution in [0.1, 0.15) is 36.8 Å². The van der Waals surface area contributed by atoms with Crippen molar-refractivity contribution in [2.75, 3.05) is 0 Å². The maximum atomic E-state index is 12.2. The minimum atomic E-state index is -3.10. The number of hydrogen-bond donors (Lipinski definition) is 2. The zero-order valence-corrected chi connectivity index (χ0v) is 12.6. The monoisotopic (exact) mass is 327 g/mol. The van der Waals surface area contributed by atoms with Gasteiger partial charge in [0.1, 0.15) is 17.0 Å². The number of carboxylic acid groups (broad SMARTS) is 1. The van der Waals surface area contributed by atoms with Crippen molar-refractivity contribution in [1.29, 1.82) is 0 Å². The normalized spacial score (nSPS) is 20.7. The number of rotatable bonds is 5. The van der Waals surface area contributed by atoms with Crippen molar-refractivity contribution in [3.05, 3.63) is 23.5 Å². The van der Waals surface area contributed by atoms with Crippen molar-refractivity contribution in [1.82, 2.24) is 10.3 Å². The fourth-order valence-corrected chi connectivity index (χ4v) is 2.01. The number of amidine groups is 1. The number of amides is 1. The quantitative estimate of drug-likeness (QED) is 0.857. The first-order valence-electron chi connectivity index (χ1n) is 6.75. The van der Waals surface area contributed by atoms with Crippen LogP contribution in [0, 0.1) is 5.92 Å². The number of carboxylic acids is 1. The number of pyridine rings is 1. The average molecular weight is 327 g/mol. The highest BCUT2D eigenvalue weighted by atomic mass is 19.3. The molecule has 0 radical (unpaired) electrons. The van der Waals surface area contributed by atoms with Crippen LogP contribution < -0.4 is 10.1 Å². The van der Waals surface area contributed by atoms with Crippen LogP contribution in [0.3, 0.4) is 0 Å². The summed E-state index contributed by atoms with van der Waals surface area (Å²) in [6, 6.07) is 0.913. The largest absolute Gasteiger partial charge is 0.478 e. The molecule has 0 saturated heterocycles. The molecule has 124 valence electrons. The van der Waals surface area contributed by atoms with Gasteiger partial charge < -0.3 is 15.2 Å². The third kappa shape index (κ3) is 3.13. The van der Waals surface area contributed by atoms with Crippen LogP contribution in [0.4, 0.5) is 8.78 Å². The first-order valence-corrected chi connectivity index (χ1v) is 6.75. The lowest BCUT2D eigenvalue weighted by Gasteiger charge is -2.21. The van der Waals surface area contributed by atoms with Crippen LogP contribution in [-0.2, 0) is 4.79 Å². The van der Waals surface area contributed by atoms with E-state index in [0.29, 0.717) is 0 Å². The summed E-state index contributed by atoms with van der Waals surface area (Å²) in [5, 5.41) is 11.7. The van der Waals surface area contributed by atoms with Gasteiger partial charge in [0.15, 0.2) is 5.84 Å². The molecule has 7 nitrogen and oxygen atoms in total. The molecule has 0 aliphatic carbocycles. The molecule has 2 rings (SSSR count). The Balaban J connectivity index is 2.48. The molecule has 0 saturated carbocycles. The van der Waals surface area contributed by atoms with Crippen LogP contribution in [0.5, 0.6) is 5.75 Å². The predicted octanol–water partition coefficient (Wildman–Crippen LogP) is 1.67. The second-order valence-corrected chi connectivity index (χ2v) is 5.47. The molecule has 0 bridgehead atoms. The summed E-state index contributed by atoms with van der Waals surface area (Å²) < 4.78 is 28.6. The number of aromatic nitrogens is 1. The SMILES string of the molecule is CC(C)C1(C)N=C(c2ncc(OC(F)F)cc2C(=O)O)NC1=O. The molecule has 1 amide bonds. The molecule has 1 aliphatic heterocycles. The van der Waals surface area contributed by atoms with Crippen LogP contribution >= 0.6 is 0 Å². The van der Waals surface area contributed by atoms with E-state index < -0.39 is 29.4 Å². The highest BCUT2D eigenvalue weighted by Gasteiger charge is 2.43. The molecule has 0 aromatic carbocycles. The predicted molar refractivity (Wildman–Crippen MR) is 75.8 cm³/mol. The number of nitrogens with zero attached hydrogens (tertiary/aromatic N) is 2. The first-order chi connectivity index (χ1) is 10.6. The molecule has 1 unspecified atom stereocenters. The molecule has 1 aromatic rings. The highest BCUT2D eigenvalue weighted by molar-refractivity contribution is 6.17. The van der Waals surface area contributed by atoms with Crippen LogP contribution in [0.25, 0.3) is 0 Å². The van der Waals surface area contributed by atoms with Gasteiger partial charge in [-0.15, -0.1) is 0 Å². The number of hydrogen-bond acceptors (Lipinski definition) is 5. The number of alkyl halides is 2. The van der Waals surface area contributed by atoms with E-state index in [-0.39, 0.29) is 23.4 Å². The fraction of sp³-hybridized carbons (Fsp3) is 0.429. The van der Waals surface area contributed by atoms with Gasteiger partial charge in [0, 0.05) is 0 Å².